The fraction of sp³-hybridized carbons (Fsp3) is 0.250. The zero-order chi connectivity index (χ0) is 9.42. The quantitative estimate of drug-likeness (QED) is 0.538. The molecule has 13 heavy (non-hydrogen) atoms. The molecular formula is C8H7NO3S. The molecule has 68 valence electrons. The third-order valence-electron chi connectivity index (χ3n) is 2.00. The van der Waals surface area contributed by atoms with Crippen LogP contribution in [0.3, 0.4) is 0 Å². The molecule has 0 bridgehead atoms. The lowest BCUT2D eigenvalue weighted by Crippen LogP contribution is -2.07. The SMILES string of the molecule is COC1C([N+](=O)[O-])=Cc2sccc21. The van der Waals surface area contributed by atoms with Gasteiger partial charge in [0.1, 0.15) is 0 Å². The van der Waals surface area contributed by atoms with E-state index in [9.17, 15) is 10.1 Å². The first-order valence-electron chi connectivity index (χ1n) is 3.70. The van der Waals surface area contributed by atoms with Crippen molar-refractivity contribution in [2.75, 3.05) is 7.11 Å². The van der Waals surface area contributed by atoms with Crippen LogP contribution in [0.1, 0.15) is 16.5 Å². The Morgan fingerprint density at radius 1 is 1.69 bits per heavy atom. The third-order valence-corrected chi connectivity index (χ3v) is 2.88. The van der Waals surface area contributed by atoms with Crippen LogP contribution in [0.25, 0.3) is 6.08 Å². The first-order chi connectivity index (χ1) is 6.24. The molecule has 0 N–H and O–H groups in total. The maximum absolute atomic E-state index is 10.6. The van der Waals surface area contributed by atoms with Crippen LogP contribution in [0.2, 0.25) is 0 Å². The summed E-state index contributed by atoms with van der Waals surface area (Å²) < 4.78 is 5.07. The van der Waals surface area contributed by atoms with Crippen LogP contribution in [-0.2, 0) is 4.74 Å². The molecule has 0 spiro atoms. The van der Waals surface area contributed by atoms with E-state index in [2.05, 4.69) is 0 Å². The van der Waals surface area contributed by atoms with Gasteiger partial charge in [-0.15, -0.1) is 11.3 Å². The number of nitrogens with zero attached hydrogens (tertiary/aromatic N) is 1. The molecule has 1 aromatic heterocycles. The monoisotopic (exact) mass is 197 g/mol. The van der Waals surface area contributed by atoms with E-state index in [1.54, 1.807) is 6.08 Å². The summed E-state index contributed by atoms with van der Waals surface area (Å²) in [5.74, 6) is 0. The fourth-order valence-electron chi connectivity index (χ4n) is 1.43. The average Bonchev–Trinajstić information content (AvgIpc) is 2.60. The second-order valence-electron chi connectivity index (χ2n) is 2.68. The van der Waals surface area contributed by atoms with Gasteiger partial charge in [0.25, 0.3) is 5.70 Å². The summed E-state index contributed by atoms with van der Waals surface area (Å²) in [6.45, 7) is 0. The molecule has 1 unspecified atom stereocenters. The molecule has 2 rings (SSSR count). The van der Waals surface area contributed by atoms with Crippen LogP contribution in [0.15, 0.2) is 17.1 Å². The van der Waals surface area contributed by atoms with Gasteiger partial charge in [0.05, 0.1) is 4.92 Å². The minimum Gasteiger partial charge on any atom is -0.365 e. The van der Waals surface area contributed by atoms with Crippen LogP contribution >= 0.6 is 11.3 Å². The molecule has 1 atom stereocenters. The number of hydrogen-bond donors (Lipinski definition) is 0. The van der Waals surface area contributed by atoms with E-state index >= 15 is 0 Å². The Labute approximate surface area is 78.6 Å². The first-order valence-corrected chi connectivity index (χ1v) is 4.58. The molecule has 1 aliphatic rings. The van der Waals surface area contributed by atoms with Gasteiger partial charge < -0.3 is 4.74 Å². The topological polar surface area (TPSA) is 52.4 Å². The zero-order valence-corrected chi connectivity index (χ0v) is 7.71. The number of thiophene rings is 1. The molecule has 0 fully saturated rings. The van der Waals surface area contributed by atoms with Crippen molar-refractivity contribution < 1.29 is 9.66 Å². The van der Waals surface area contributed by atoms with Crippen molar-refractivity contribution in [2.24, 2.45) is 0 Å². The predicted molar refractivity (Wildman–Crippen MR) is 49.0 cm³/mol. The van der Waals surface area contributed by atoms with Crippen molar-refractivity contribution in [3.8, 4) is 0 Å². The standard InChI is InChI=1S/C8H7NO3S/c1-12-8-5-2-3-13-7(5)4-6(8)9(10)11/h2-4,8H,1H3. The van der Waals surface area contributed by atoms with E-state index in [4.69, 9.17) is 4.74 Å². The molecular weight excluding hydrogens is 190 g/mol. The van der Waals surface area contributed by atoms with Gasteiger partial charge in [-0.2, -0.15) is 0 Å². The summed E-state index contributed by atoms with van der Waals surface area (Å²) in [6.07, 6.45) is 1.09. The highest BCUT2D eigenvalue weighted by Gasteiger charge is 2.34. The van der Waals surface area contributed by atoms with E-state index in [1.807, 2.05) is 11.4 Å². The van der Waals surface area contributed by atoms with Gasteiger partial charge >= 0.3 is 0 Å². The van der Waals surface area contributed by atoms with Crippen molar-refractivity contribution in [3.63, 3.8) is 0 Å². The highest BCUT2D eigenvalue weighted by atomic mass is 32.1. The minimum atomic E-state index is -0.490. The van der Waals surface area contributed by atoms with Gasteiger partial charge in [0, 0.05) is 23.6 Å². The molecule has 1 aliphatic carbocycles. The molecule has 1 heterocycles. The van der Waals surface area contributed by atoms with Crippen LogP contribution in [0, 0.1) is 10.1 Å². The van der Waals surface area contributed by atoms with Crippen LogP contribution in [-0.4, -0.2) is 12.0 Å². The second-order valence-corrected chi connectivity index (χ2v) is 3.63. The lowest BCUT2D eigenvalue weighted by Gasteiger charge is -2.06. The molecule has 0 saturated heterocycles. The summed E-state index contributed by atoms with van der Waals surface area (Å²) >= 11 is 1.49. The molecule has 0 amide bonds. The van der Waals surface area contributed by atoms with Gasteiger partial charge in [-0.05, 0) is 11.4 Å². The van der Waals surface area contributed by atoms with E-state index in [0.29, 0.717) is 0 Å². The zero-order valence-electron chi connectivity index (χ0n) is 6.89. The van der Waals surface area contributed by atoms with Gasteiger partial charge in [0.2, 0.25) is 0 Å². The van der Waals surface area contributed by atoms with E-state index in [-0.39, 0.29) is 10.6 Å². The Bertz CT molecular complexity index is 382. The van der Waals surface area contributed by atoms with Gasteiger partial charge in [0.15, 0.2) is 6.10 Å². The summed E-state index contributed by atoms with van der Waals surface area (Å²) in [5.41, 5.74) is 1.03. The Morgan fingerprint density at radius 2 is 2.46 bits per heavy atom. The Hall–Kier alpha value is -1.20. The lowest BCUT2D eigenvalue weighted by atomic mass is 10.2. The van der Waals surface area contributed by atoms with Crippen molar-refractivity contribution in [1.82, 2.24) is 0 Å². The first kappa shape index (κ1) is 8.40. The normalized spacial score (nSPS) is 19.8. The number of fused-ring (bicyclic) bond motifs is 1. The number of nitro groups is 1. The van der Waals surface area contributed by atoms with Crippen molar-refractivity contribution >= 4 is 17.4 Å². The molecule has 4 nitrogen and oxygen atoms in total. The Kier molecular flexibility index (Phi) is 1.90. The summed E-state index contributed by atoms with van der Waals surface area (Å²) in [6, 6.07) is 1.86. The third kappa shape index (κ3) is 1.16. The van der Waals surface area contributed by atoms with Crippen LogP contribution in [0.5, 0.6) is 0 Å². The van der Waals surface area contributed by atoms with Crippen molar-refractivity contribution in [1.29, 1.82) is 0 Å². The van der Waals surface area contributed by atoms with Crippen LogP contribution < -0.4 is 0 Å². The predicted octanol–water partition coefficient (Wildman–Crippen LogP) is 2.07. The number of hydrogen-bond acceptors (Lipinski definition) is 4. The molecule has 0 radical (unpaired) electrons. The Morgan fingerprint density at radius 3 is 3.08 bits per heavy atom. The maximum Gasteiger partial charge on any atom is 0.280 e. The average molecular weight is 197 g/mol. The molecule has 0 aliphatic heterocycles. The highest BCUT2D eigenvalue weighted by Crippen LogP contribution is 2.39. The molecule has 1 aromatic rings. The molecule has 0 aromatic carbocycles. The number of rotatable bonds is 2. The van der Waals surface area contributed by atoms with Crippen LogP contribution in [0.4, 0.5) is 0 Å². The number of methoxy groups -OCH3 is 1. The minimum absolute atomic E-state index is 0.129. The Balaban J connectivity index is 2.45. The van der Waals surface area contributed by atoms with E-state index in [0.717, 1.165) is 10.4 Å². The van der Waals surface area contributed by atoms with Gasteiger partial charge in [-0.1, -0.05) is 0 Å². The maximum atomic E-state index is 10.6. The highest BCUT2D eigenvalue weighted by molar-refractivity contribution is 7.11. The number of ether oxygens (including phenoxy) is 1. The molecule has 5 heteroatoms. The largest absolute Gasteiger partial charge is 0.365 e. The fourth-order valence-corrected chi connectivity index (χ4v) is 2.29. The lowest BCUT2D eigenvalue weighted by molar-refractivity contribution is -0.435. The summed E-state index contributed by atoms with van der Waals surface area (Å²) in [4.78, 5) is 11.1. The summed E-state index contributed by atoms with van der Waals surface area (Å²) in [7, 11) is 1.48. The van der Waals surface area contributed by atoms with Crippen molar-refractivity contribution in [2.45, 2.75) is 6.10 Å². The molecule has 0 saturated carbocycles. The van der Waals surface area contributed by atoms with Gasteiger partial charge in [-0.25, -0.2) is 0 Å². The van der Waals surface area contributed by atoms with E-state index in [1.165, 1.54) is 18.4 Å². The second kappa shape index (κ2) is 2.93. The smallest absolute Gasteiger partial charge is 0.280 e. The van der Waals surface area contributed by atoms with E-state index < -0.39 is 6.10 Å². The van der Waals surface area contributed by atoms with Crippen molar-refractivity contribution in [3.05, 3.63) is 37.7 Å². The van der Waals surface area contributed by atoms with Gasteiger partial charge in [-0.3, -0.25) is 10.1 Å². The summed E-state index contributed by atoms with van der Waals surface area (Å²) in [5, 5.41) is 12.5.